The molecule has 7 heteroatoms. The molecule has 0 spiro atoms. The SMILES string of the molecule is C#CCn1c(=NC(=O)c2ccc(OCCCC)cc2)sc2cc(C(=O)OCC)ccc21. The number of hydrogen-bond donors (Lipinski definition) is 0. The van der Waals surface area contributed by atoms with E-state index in [1.807, 2.05) is 0 Å². The number of ether oxygens (including phenoxy) is 2. The highest BCUT2D eigenvalue weighted by molar-refractivity contribution is 7.16. The number of aromatic nitrogens is 1. The molecule has 160 valence electrons. The lowest BCUT2D eigenvalue weighted by Gasteiger charge is -2.05. The molecule has 3 aromatic rings. The van der Waals surface area contributed by atoms with E-state index in [2.05, 4.69) is 17.8 Å². The Morgan fingerprint density at radius 3 is 2.55 bits per heavy atom. The summed E-state index contributed by atoms with van der Waals surface area (Å²) in [5, 5.41) is 0. The maximum absolute atomic E-state index is 12.7. The minimum atomic E-state index is -0.392. The van der Waals surface area contributed by atoms with Crippen molar-refractivity contribution in [1.29, 1.82) is 0 Å². The first-order valence-corrected chi connectivity index (χ1v) is 10.9. The molecule has 1 heterocycles. The molecule has 0 saturated heterocycles. The van der Waals surface area contributed by atoms with E-state index in [1.54, 1.807) is 54.0 Å². The van der Waals surface area contributed by atoms with Gasteiger partial charge in [0.1, 0.15) is 5.75 Å². The number of esters is 1. The van der Waals surface area contributed by atoms with Gasteiger partial charge in [0.05, 0.1) is 35.5 Å². The van der Waals surface area contributed by atoms with Crippen molar-refractivity contribution >= 4 is 33.4 Å². The van der Waals surface area contributed by atoms with Crippen molar-refractivity contribution in [3.05, 3.63) is 58.4 Å². The summed E-state index contributed by atoms with van der Waals surface area (Å²) in [4.78, 5) is 29.5. The van der Waals surface area contributed by atoms with Crippen molar-refractivity contribution in [2.24, 2.45) is 4.99 Å². The van der Waals surface area contributed by atoms with Crippen molar-refractivity contribution in [3.8, 4) is 18.1 Å². The van der Waals surface area contributed by atoms with Gasteiger partial charge in [-0.2, -0.15) is 4.99 Å². The number of carbonyl (C=O) groups is 2. The number of rotatable bonds is 8. The highest BCUT2D eigenvalue weighted by Crippen LogP contribution is 2.20. The number of unbranched alkanes of at least 4 members (excludes halogenated alkanes) is 1. The molecule has 31 heavy (non-hydrogen) atoms. The van der Waals surface area contributed by atoms with Crippen molar-refractivity contribution in [2.45, 2.75) is 33.2 Å². The summed E-state index contributed by atoms with van der Waals surface area (Å²) < 4.78 is 13.3. The van der Waals surface area contributed by atoms with Gasteiger partial charge in [0, 0.05) is 5.56 Å². The first kappa shape index (κ1) is 22.3. The third kappa shape index (κ3) is 5.41. The standard InChI is InChI=1S/C24H24N2O4S/c1-4-7-15-30-19-11-8-17(9-12-19)22(27)25-24-26(14-5-2)20-13-10-18(16-21(20)31-24)23(28)29-6-3/h2,8-13,16H,4,6-7,14-15H2,1,3H3. The predicted molar refractivity (Wildman–Crippen MR) is 121 cm³/mol. The summed E-state index contributed by atoms with van der Waals surface area (Å²) in [7, 11) is 0. The van der Waals surface area contributed by atoms with Crippen LogP contribution in [0.2, 0.25) is 0 Å². The fourth-order valence-electron chi connectivity index (χ4n) is 2.92. The van der Waals surface area contributed by atoms with E-state index in [0.29, 0.717) is 29.1 Å². The van der Waals surface area contributed by atoms with Crippen LogP contribution in [0.1, 0.15) is 47.4 Å². The molecule has 0 aliphatic heterocycles. The zero-order valence-corrected chi connectivity index (χ0v) is 18.4. The minimum absolute atomic E-state index is 0.259. The molecule has 0 aliphatic rings. The smallest absolute Gasteiger partial charge is 0.338 e. The Hall–Kier alpha value is -3.37. The largest absolute Gasteiger partial charge is 0.494 e. The topological polar surface area (TPSA) is 69.9 Å². The third-order valence-corrected chi connectivity index (χ3v) is 5.55. The molecule has 1 amide bonds. The van der Waals surface area contributed by atoms with E-state index in [9.17, 15) is 9.59 Å². The first-order valence-electron chi connectivity index (χ1n) is 10.1. The van der Waals surface area contributed by atoms with Gasteiger partial charge in [-0.05, 0) is 55.8 Å². The highest BCUT2D eigenvalue weighted by atomic mass is 32.1. The van der Waals surface area contributed by atoms with Gasteiger partial charge in [0.2, 0.25) is 0 Å². The van der Waals surface area contributed by atoms with Crippen LogP contribution in [0.15, 0.2) is 47.5 Å². The quantitative estimate of drug-likeness (QED) is 0.298. The Bertz CT molecular complexity index is 1180. The Labute approximate surface area is 185 Å². The molecule has 0 aliphatic carbocycles. The molecule has 0 saturated carbocycles. The van der Waals surface area contributed by atoms with E-state index in [-0.39, 0.29) is 12.5 Å². The molecule has 6 nitrogen and oxygen atoms in total. The fourth-order valence-corrected chi connectivity index (χ4v) is 3.99. The lowest BCUT2D eigenvalue weighted by molar-refractivity contribution is 0.0526. The van der Waals surface area contributed by atoms with Crippen molar-refractivity contribution in [2.75, 3.05) is 13.2 Å². The minimum Gasteiger partial charge on any atom is -0.494 e. The number of benzene rings is 2. The second-order valence-electron chi connectivity index (χ2n) is 6.72. The van der Waals surface area contributed by atoms with E-state index >= 15 is 0 Å². The number of terminal acetylenes is 1. The Kier molecular flexibility index (Phi) is 7.63. The summed E-state index contributed by atoms with van der Waals surface area (Å²) in [6.07, 6.45) is 7.57. The number of fused-ring (bicyclic) bond motifs is 1. The molecule has 0 fully saturated rings. The third-order valence-electron chi connectivity index (χ3n) is 4.51. The van der Waals surface area contributed by atoms with E-state index in [0.717, 1.165) is 28.8 Å². The maximum atomic E-state index is 12.7. The van der Waals surface area contributed by atoms with Crippen LogP contribution in [0, 0.1) is 12.3 Å². The second kappa shape index (κ2) is 10.6. The maximum Gasteiger partial charge on any atom is 0.338 e. The van der Waals surface area contributed by atoms with Crippen LogP contribution in [0.3, 0.4) is 0 Å². The molecule has 1 aromatic heterocycles. The van der Waals surface area contributed by atoms with Gasteiger partial charge >= 0.3 is 5.97 Å². The highest BCUT2D eigenvalue weighted by Gasteiger charge is 2.13. The Morgan fingerprint density at radius 1 is 1.13 bits per heavy atom. The van der Waals surface area contributed by atoms with Gasteiger partial charge in [-0.1, -0.05) is 30.6 Å². The average Bonchev–Trinajstić information content (AvgIpc) is 3.11. The van der Waals surface area contributed by atoms with Crippen molar-refractivity contribution in [3.63, 3.8) is 0 Å². The van der Waals surface area contributed by atoms with E-state index in [4.69, 9.17) is 15.9 Å². The number of carbonyl (C=O) groups excluding carboxylic acids is 2. The van der Waals surface area contributed by atoms with Gasteiger partial charge in [0.25, 0.3) is 5.91 Å². The first-order chi connectivity index (χ1) is 15.1. The summed E-state index contributed by atoms with van der Waals surface area (Å²) in [5.41, 5.74) is 1.71. The second-order valence-corrected chi connectivity index (χ2v) is 7.73. The van der Waals surface area contributed by atoms with Crippen LogP contribution in [-0.2, 0) is 11.3 Å². The summed E-state index contributed by atoms with van der Waals surface area (Å²) in [5.74, 6) is 2.55. The molecule has 0 unspecified atom stereocenters. The van der Waals surface area contributed by atoms with Crippen LogP contribution in [0.4, 0.5) is 0 Å². The van der Waals surface area contributed by atoms with Gasteiger partial charge < -0.3 is 14.0 Å². The predicted octanol–water partition coefficient (Wildman–Crippen LogP) is 4.43. The Balaban J connectivity index is 1.92. The zero-order chi connectivity index (χ0) is 22.2. The van der Waals surface area contributed by atoms with Gasteiger partial charge in [0.15, 0.2) is 4.80 Å². The number of nitrogens with zero attached hydrogens (tertiary/aromatic N) is 2. The molecule has 0 N–H and O–H groups in total. The van der Waals surface area contributed by atoms with Gasteiger partial charge in [-0.25, -0.2) is 4.79 Å². The van der Waals surface area contributed by atoms with E-state index < -0.39 is 5.97 Å². The summed E-state index contributed by atoms with van der Waals surface area (Å²) in [6, 6.07) is 12.1. The summed E-state index contributed by atoms with van der Waals surface area (Å²) in [6.45, 7) is 5.07. The van der Waals surface area contributed by atoms with Crippen LogP contribution in [0.5, 0.6) is 5.75 Å². The number of amides is 1. The molecule has 0 radical (unpaired) electrons. The lowest BCUT2D eigenvalue weighted by atomic mass is 10.2. The van der Waals surface area contributed by atoms with Crippen LogP contribution < -0.4 is 9.54 Å². The monoisotopic (exact) mass is 436 g/mol. The molecular weight excluding hydrogens is 412 g/mol. The summed E-state index contributed by atoms with van der Waals surface area (Å²) >= 11 is 1.30. The molecule has 2 aromatic carbocycles. The Morgan fingerprint density at radius 2 is 1.87 bits per heavy atom. The number of hydrogen-bond acceptors (Lipinski definition) is 5. The normalized spacial score (nSPS) is 11.3. The van der Waals surface area contributed by atoms with Gasteiger partial charge in [-0.3, -0.25) is 4.79 Å². The lowest BCUT2D eigenvalue weighted by Crippen LogP contribution is -2.16. The fraction of sp³-hybridized carbons (Fsp3) is 0.292. The van der Waals surface area contributed by atoms with Crippen molar-refractivity contribution in [1.82, 2.24) is 4.57 Å². The van der Waals surface area contributed by atoms with Crippen LogP contribution >= 0.6 is 11.3 Å². The zero-order valence-electron chi connectivity index (χ0n) is 17.6. The molecule has 0 bridgehead atoms. The van der Waals surface area contributed by atoms with Crippen molar-refractivity contribution < 1.29 is 19.1 Å². The average molecular weight is 437 g/mol. The molecule has 3 rings (SSSR count). The van der Waals surface area contributed by atoms with Crippen LogP contribution in [0.25, 0.3) is 10.2 Å². The van der Waals surface area contributed by atoms with Gasteiger partial charge in [-0.15, -0.1) is 6.42 Å². The molecular formula is C24H24N2O4S. The molecule has 0 atom stereocenters. The number of thiazole rings is 1. The van der Waals surface area contributed by atoms with E-state index in [1.165, 1.54) is 11.3 Å². The van der Waals surface area contributed by atoms with Crippen LogP contribution in [-0.4, -0.2) is 29.7 Å².